The van der Waals surface area contributed by atoms with Crippen LogP contribution in [0.3, 0.4) is 0 Å². The molecule has 0 heterocycles. The molecule has 0 aliphatic heterocycles. The summed E-state index contributed by atoms with van der Waals surface area (Å²) in [4.78, 5) is 10.5. The van der Waals surface area contributed by atoms with Crippen LogP contribution in [0, 0.1) is 0 Å². The minimum absolute atomic E-state index is 0.0908. The van der Waals surface area contributed by atoms with Gasteiger partial charge in [0.15, 0.2) is 5.78 Å². The van der Waals surface area contributed by atoms with Crippen molar-refractivity contribution in [3.05, 3.63) is 24.3 Å². The van der Waals surface area contributed by atoms with Gasteiger partial charge in [-0.3, -0.25) is 4.79 Å². The van der Waals surface area contributed by atoms with Crippen LogP contribution in [-0.4, -0.2) is 11.1 Å². The fourth-order valence-electron chi connectivity index (χ4n) is 0.319. The van der Waals surface area contributed by atoms with E-state index in [2.05, 4.69) is 15.9 Å². The molecule has 0 aliphatic rings. The van der Waals surface area contributed by atoms with E-state index in [1.54, 1.807) is 6.08 Å². The zero-order chi connectivity index (χ0) is 7.11. The Hall–Kier alpha value is -0.370. The van der Waals surface area contributed by atoms with E-state index in [0.29, 0.717) is 5.33 Å². The van der Waals surface area contributed by atoms with Crippen LogP contribution in [0.4, 0.5) is 0 Å². The smallest absolute Gasteiger partial charge is 0.166 e. The van der Waals surface area contributed by atoms with E-state index in [0.717, 1.165) is 0 Å². The van der Waals surface area contributed by atoms with Crippen LogP contribution in [0.15, 0.2) is 24.3 Å². The van der Waals surface area contributed by atoms with Gasteiger partial charge in [-0.25, -0.2) is 0 Å². The molecule has 0 aromatic rings. The van der Waals surface area contributed by atoms with Crippen molar-refractivity contribution >= 4 is 21.7 Å². The van der Waals surface area contributed by atoms with Crippen LogP contribution in [-0.2, 0) is 4.79 Å². The van der Waals surface area contributed by atoms with Crippen molar-refractivity contribution in [2.75, 3.05) is 5.33 Å². The van der Waals surface area contributed by atoms with E-state index in [4.69, 9.17) is 0 Å². The van der Waals surface area contributed by atoms with Crippen LogP contribution in [0.1, 0.15) is 6.92 Å². The fourth-order valence-corrected chi connectivity index (χ4v) is 0.505. The Balaban J connectivity index is 3.57. The molecule has 0 unspecified atom stereocenters. The van der Waals surface area contributed by atoms with Gasteiger partial charge in [-0.2, -0.15) is 0 Å². The maximum absolute atomic E-state index is 10.5. The number of carbonyl (C=O) groups excluding carboxylic acids is 1. The summed E-state index contributed by atoms with van der Waals surface area (Å²) in [7, 11) is 0. The first kappa shape index (κ1) is 8.63. The Morgan fingerprint density at radius 2 is 2.22 bits per heavy atom. The van der Waals surface area contributed by atoms with Crippen LogP contribution in [0.5, 0.6) is 0 Å². The van der Waals surface area contributed by atoms with E-state index in [1.807, 2.05) is 19.1 Å². The van der Waals surface area contributed by atoms with Crippen LogP contribution in [0.25, 0.3) is 0 Å². The molecule has 0 amide bonds. The van der Waals surface area contributed by atoms with Gasteiger partial charge in [0.2, 0.25) is 0 Å². The van der Waals surface area contributed by atoms with Crippen molar-refractivity contribution in [3.63, 3.8) is 0 Å². The fraction of sp³-hybridized carbons (Fsp3) is 0.286. The highest BCUT2D eigenvalue weighted by Crippen LogP contribution is 1.84. The molecule has 0 saturated heterocycles. The third-order valence-corrected chi connectivity index (χ3v) is 1.27. The first-order valence-electron chi connectivity index (χ1n) is 2.69. The molecule has 0 atom stereocenters. The lowest BCUT2D eigenvalue weighted by Crippen LogP contribution is -1.90. The predicted octanol–water partition coefficient (Wildman–Crippen LogP) is 2.08. The van der Waals surface area contributed by atoms with Gasteiger partial charge in [-0.1, -0.05) is 34.2 Å². The van der Waals surface area contributed by atoms with Gasteiger partial charge in [-0.05, 0) is 13.0 Å². The van der Waals surface area contributed by atoms with E-state index in [1.165, 1.54) is 6.08 Å². The first-order chi connectivity index (χ1) is 4.31. The van der Waals surface area contributed by atoms with Crippen molar-refractivity contribution < 1.29 is 4.79 Å². The molecule has 2 heteroatoms. The highest BCUT2D eigenvalue weighted by atomic mass is 79.9. The molecule has 50 valence electrons. The Kier molecular flexibility index (Phi) is 5.52. The molecule has 0 aromatic heterocycles. The van der Waals surface area contributed by atoms with Gasteiger partial charge in [0, 0.05) is 0 Å². The SMILES string of the molecule is CC=CC=CC(=O)CBr. The zero-order valence-electron chi connectivity index (χ0n) is 5.30. The number of rotatable bonds is 3. The maximum Gasteiger partial charge on any atom is 0.166 e. The summed E-state index contributed by atoms with van der Waals surface area (Å²) in [5.41, 5.74) is 0. The summed E-state index contributed by atoms with van der Waals surface area (Å²) in [6.07, 6.45) is 6.96. The average Bonchev–Trinajstić information content (AvgIpc) is 1.89. The van der Waals surface area contributed by atoms with Crippen molar-refractivity contribution in [2.45, 2.75) is 6.92 Å². The monoisotopic (exact) mass is 188 g/mol. The second-order valence-corrected chi connectivity index (χ2v) is 2.05. The minimum Gasteiger partial charge on any atom is -0.294 e. The quantitative estimate of drug-likeness (QED) is 0.377. The van der Waals surface area contributed by atoms with E-state index < -0.39 is 0 Å². The summed E-state index contributed by atoms with van der Waals surface area (Å²) < 4.78 is 0. The lowest BCUT2D eigenvalue weighted by atomic mass is 10.4. The summed E-state index contributed by atoms with van der Waals surface area (Å²) in [6, 6.07) is 0. The number of allylic oxidation sites excluding steroid dienone is 4. The van der Waals surface area contributed by atoms with Crippen LogP contribution < -0.4 is 0 Å². The summed E-state index contributed by atoms with van der Waals surface area (Å²) in [6.45, 7) is 1.91. The molecule has 0 aliphatic carbocycles. The molecular formula is C7H9BrO. The van der Waals surface area contributed by atoms with Crippen LogP contribution in [0.2, 0.25) is 0 Å². The van der Waals surface area contributed by atoms with Gasteiger partial charge < -0.3 is 0 Å². The molecule has 0 saturated carbocycles. The van der Waals surface area contributed by atoms with Gasteiger partial charge >= 0.3 is 0 Å². The number of carbonyl (C=O) groups is 1. The molecule has 0 fully saturated rings. The molecule has 0 bridgehead atoms. The number of ketones is 1. The maximum atomic E-state index is 10.5. The molecule has 0 N–H and O–H groups in total. The summed E-state index contributed by atoms with van der Waals surface area (Å²) >= 11 is 3.04. The molecule has 9 heavy (non-hydrogen) atoms. The van der Waals surface area contributed by atoms with Gasteiger partial charge in [0.1, 0.15) is 0 Å². The highest BCUT2D eigenvalue weighted by Gasteiger charge is 1.86. The number of halogens is 1. The summed E-state index contributed by atoms with van der Waals surface area (Å²) in [5, 5.41) is 0.404. The lowest BCUT2D eigenvalue weighted by molar-refractivity contribution is -0.112. The second-order valence-electron chi connectivity index (χ2n) is 1.48. The molecular weight excluding hydrogens is 180 g/mol. The van der Waals surface area contributed by atoms with Gasteiger partial charge in [-0.15, -0.1) is 0 Å². The number of alkyl halides is 1. The van der Waals surface area contributed by atoms with E-state index in [9.17, 15) is 4.79 Å². The molecule has 1 nitrogen and oxygen atoms in total. The topological polar surface area (TPSA) is 17.1 Å². The minimum atomic E-state index is 0.0908. The highest BCUT2D eigenvalue weighted by molar-refractivity contribution is 9.09. The van der Waals surface area contributed by atoms with Crippen molar-refractivity contribution in [3.8, 4) is 0 Å². The number of hydrogen-bond donors (Lipinski definition) is 0. The normalized spacial score (nSPS) is 11.3. The van der Waals surface area contributed by atoms with Crippen molar-refractivity contribution in [2.24, 2.45) is 0 Å². The molecule has 0 rings (SSSR count). The van der Waals surface area contributed by atoms with Gasteiger partial charge in [0.25, 0.3) is 0 Å². The zero-order valence-corrected chi connectivity index (χ0v) is 6.89. The lowest BCUT2D eigenvalue weighted by Gasteiger charge is -1.78. The molecule has 0 aromatic carbocycles. The standard InChI is InChI=1S/C7H9BrO/c1-2-3-4-5-7(9)6-8/h2-5H,6H2,1H3. The van der Waals surface area contributed by atoms with E-state index in [-0.39, 0.29) is 5.78 Å². The Morgan fingerprint density at radius 3 is 2.67 bits per heavy atom. The Morgan fingerprint density at radius 1 is 1.56 bits per heavy atom. The second kappa shape index (κ2) is 5.76. The third kappa shape index (κ3) is 5.50. The molecule has 0 radical (unpaired) electrons. The van der Waals surface area contributed by atoms with Gasteiger partial charge in [0.05, 0.1) is 5.33 Å². The largest absolute Gasteiger partial charge is 0.294 e. The van der Waals surface area contributed by atoms with E-state index >= 15 is 0 Å². The third-order valence-electron chi connectivity index (χ3n) is 0.717. The number of hydrogen-bond acceptors (Lipinski definition) is 1. The van der Waals surface area contributed by atoms with Crippen molar-refractivity contribution in [1.29, 1.82) is 0 Å². The predicted molar refractivity (Wildman–Crippen MR) is 42.8 cm³/mol. The average molecular weight is 189 g/mol. The Labute approximate surface area is 63.6 Å². The Bertz CT molecular complexity index is 136. The van der Waals surface area contributed by atoms with Crippen LogP contribution >= 0.6 is 15.9 Å². The first-order valence-corrected chi connectivity index (χ1v) is 3.81. The summed E-state index contributed by atoms with van der Waals surface area (Å²) in [5.74, 6) is 0.0908. The molecule has 0 spiro atoms. The van der Waals surface area contributed by atoms with Crippen molar-refractivity contribution in [1.82, 2.24) is 0 Å².